The summed E-state index contributed by atoms with van der Waals surface area (Å²) in [5, 5.41) is 20.4. The second kappa shape index (κ2) is 4.93. The van der Waals surface area contributed by atoms with Crippen LogP contribution < -0.4 is 0 Å². The molecule has 2 fully saturated rings. The predicted octanol–water partition coefficient (Wildman–Crippen LogP) is 1.63. The van der Waals surface area contributed by atoms with Crippen LogP contribution in [0, 0.1) is 16.7 Å². The van der Waals surface area contributed by atoms with Gasteiger partial charge in [0.2, 0.25) is 0 Å². The average molecular weight is 239 g/mol. The van der Waals surface area contributed by atoms with Gasteiger partial charge in [0, 0.05) is 26.1 Å². The molecule has 2 saturated heterocycles. The number of aliphatic hydroxyl groups is 1. The zero-order valence-corrected chi connectivity index (χ0v) is 10.4. The van der Waals surface area contributed by atoms with Crippen molar-refractivity contribution in [2.24, 2.45) is 5.41 Å². The van der Waals surface area contributed by atoms with Gasteiger partial charge in [0.1, 0.15) is 5.41 Å². The van der Waals surface area contributed by atoms with Crippen molar-refractivity contribution in [2.75, 3.05) is 19.8 Å². The number of hydrogen-bond acceptors (Lipinski definition) is 4. The Morgan fingerprint density at radius 2 is 2.24 bits per heavy atom. The van der Waals surface area contributed by atoms with Gasteiger partial charge in [0.15, 0.2) is 0 Å². The molecule has 4 nitrogen and oxygen atoms in total. The molecular weight excluding hydrogens is 218 g/mol. The Labute approximate surface area is 103 Å². The second-order valence-electron chi connectivity index (χ2n) is 5.24. The summed E-state index contributed by atoms with van der Waals surface area (Å²) in [6, 6.07) is 2.34. The van der Waals surface area contributed by atoms with Gasteiger partial charge in [0.25, 0.3) is 0 Å². The van der Waals surface area contributed by atoms with E-state index in [1.54, 1.807) is 0 Å². The van der Waals surface area contributed by atoms with Crippen LogP contribution in [0.4, 0.5) is 0 Å². The summed E-state index contributed by atoms with van der Waals surface area (Å²) in [6.45, 7) is 3.65. The van der Waals surface area contributed by atoms with Crippen LogP contribution in [0.1, 0.15) is 39.0 Å². The Balaban J connectivity index is 2.19. The Kier molecular flexibility index (Phi) is 3.72. The highest BCUT2D eigenvalue weighted by atomic mass is 16.5. The topological polar surface area (TPSA) is 62.5 Å². The molecule has 0 aliphatic carbocycles. The number of ether oxygens (including phenoxy) is 2. The monoisotopic (exact) mass is 239 g/mol. The SMILES string of the molecule is CCC1CC(O)(C2(C#N)CCCOC2)CCO1. The zero-order valence-electron chi connectivity index (χ0n) is 10.4. The molecule has 0 amide bonds. The molecule has 4 heteroatoms. The first-order valence-electron chi connectivity index (χ1n) is 6.49. The highest BCUT2D eigenvalue weighted by molar-refractivity contribution is 5.14. The maximum atomic E-state index is 10.9. The lowest BCUT2D eigenvalue weighted by Gasteiger charge is -2.48. The normalized spacial score (nSPS) is 43.0. The molecule has 0 radical (unpaired) electrons. The minimum atomic E-state index is -0.943. The Hall–Kier alpha value is -0.630. The second-order valence-corrected chi connectivity index (χ2v) is 5.24. The van der Waals surface area contributed by atoms with Gasteiger partial charge in [-0.1, -0.05) is 6.92 Å². The zero-order chi connectivity index (χ0) is 12.4. The summed E-state index contributed by atoms with van der Waals surface area (Å²) in [5.74, 6) is 0. The van der Waals surface area contributed by atoms with Crippen LogP contribution in [0.2, 0.25) is 0 Å². The van der Waals surface area contributed by atoms with E-state index in [1.807, 2.05) is 6.92 Å². The summed E-state index contributed by atoms with van der Waals surface area (Å²) in [6.07, 6.45) is 3.64. The molecule has 0 aromatic rings. The van der Waals surface area contributed by atoms with Crippen molar-refractivity contribution in [3.8, 4) is 6.07 Å². The third-order valence-electron chi connectivity index (χ3n) is 4.24. The Morgan fingerprint density at radius 3 is 2.82 bits per heavy atom. The van der Waals surface area contributed by atoms with Crippen molar-refractivity contribution in [2.45, 2.75) is 50.7 Å². The van der Waals surface area contributed by atoms with Crippen LogP contribution in [-0.4, -0.2) is 36.6 Å². The number of rotatable bonds is 2. The molecule has 0 aromatic heterocycles. The fourth-order valence-electron chi connectivity index (χ4n) is 2.98. The molecule has 0 spiro atoms. The summed E-state index contributed by atoms with van der Waals surface area (Å²) in [5.41, 5.74) is -1.68. The van der Waals surface area contributed by atoms with E-state index in [2.05, 4.69) is 6.07 Å². The number of hydrogen-bond donors (Lipinski definition) is 1. The largest absolute Gasteiger partial charge is 0.388 e. The first-order valence-corrected chi connectivity index (χ1v) is 6.49. The summed E-state index contributed by atoms with van der Waals surface area (Å²) < 4.78 is 11.0. The van der Waals surface area contributed by atoms with E-state index in [0.29, 0.717) is 32.7 Å². The van der Waals surface area contributed by atoms with E-state index in [1.165, 1.54) is 0 Å². The maximum Gasteiger partial charge on any atom is 0.109 e. The van der Waals surface area contributed by atoms with Gasteiger partial charge in [-0.05, 0) is 19.3 Å². The molecule has 17 heavy (non-hydrogen) atoms. The van der Waals surface area contributed by atoms with Crippen molar-refractivity contribution in [1.82, 2.24) is 0 Å². The smallest absolute Gasteiger partial charge is 0.109 e. The van der Waals surface area contributed by atoms with Crippen LogP contribution in [0.15, 0.2) is 0 Å². The highest BCUT2D eigenvalue weighted by Gasteiger charge is 2.53. The minimum Gasteiger partial charge on any atom is -0.388 e. The molecule has 2 heterocycles. The lowest BCUT2D eigenvalue weighted by molar-refractivity contribution is -0.180. The minimum absolute atomic E-state index is 0.0703. The standard InChI is InChI=1S/C13H21NO3/c1-2-11-8-13(15,5-7-17-11)12(9-14)4-3-6-16-10-12/h11,15H,2-8,10H2,1H3. The average Bonchev–Trinajstić information content (AvgIpc) is 2.39. The third-order valence-corrected chi connectivity index (χ3v) is 4.24. The fourth-order valence-corrected chi connectivity index (χ4v) is 2.98. The van der Waals surface area contributed by atoms with Crippen LogP contribution in [-0.2, 0) is 9.47 Å². The van der Waals surface area contributed by atoms with Gasteiger partial charge < -0.3 is 14.6 Å². The van der Waals surface area contributed by atoms with Crippen molar-refractivity contribution in [1.29, 1.82) is 5.26 Å². The molecule has 3 unspecified atom stereocenters. The van der Waals surface area contributed by atoms with E-state index in [-0.39, 0.29) is 6.10 Å². The van der Waals surface area contributed by atoms with Gasteiger partial charge in [-0.2, -0.15) is 5.26 Å². The predicted molar refractivity (Wildman–Crippen MR) is 62.3 cm³/mol. The number of nitrogens with zero attached hydrogens (tertiary/aromatic N) is 1. The summed E-state index contributed by atoms with van der Waals surface area (Å²) in [7, 11) is 0. The lowest BCUT2D eigenvalue weighted by atomic mass is 9.65. The van der Waals surface area contributed by atoms with E-state index < -0.39 is 11.0 Å². The van der Waals surface area contributed by atoms with E-state index in [0.717, 1.165) is 19.3 Å². The molecule has 2 rings (SSSR count). The molecular formula is C13H21NO3. The first-order chi connectivity index (χ1) is 8.16. The van der Waals surface area contributed by atoms with Crippen LogP contribution in [0.5, 0.6) is 0 Å². The number of nitriles is 1. The van der Waals surface area contributed by atoms with Gasteiger partial charge in [-0.3, -0.25) is 0 Å². The van der Waals surface area contributed by atoms with Crippen LogP contribution >= 0.6 is 0 Å². The molecule has 0 bridgehead atoms. The molecule has 96 valence electrons. The van der Waals surface area contributed by atoms with Crippen LogP contribution in [0.3, 0.4) is 0 Å². The summed E-state index contributed by atoms with van der Waals surface area (Å²) in [4.78, 5) is 0. The quantitative estimate of drug-likeness (QED) is 0.795. The first kappa shape index (κ1) is 12.8. The van der Waals surface area contributed by atoms with Gasteiger partial charge in [0.05, 0.1) is 24.4 Å². The van der Waals surface area contributed by atoms with Crippen molar-refractivity contribution in [3.63, 3.8) is 0 Å². The van der Waals surface area contributed by atoms with Crippen LogP contribution in [0.25, 0.3) is 0 Å². The van der Waals surface area contributed by atoms with Crippen molar-refractivity contribution in [3.05, 3.63) is 0 Å². The lowest BCUT2D eigenvalue weighted by Crippen LogP contribution is -2.56. The van der Waals surface area contributed by atoms with Gasteiger partial charge >= 0.3 is 0 Å². The van der Waals surface area contributed by atoms with Crippen molar-refractivity contribution >= 4 is 0 Å². The molecule has 2 aliphatic heterocycles. The molecule has 2 aliphatic rings. The molecule has 1 N–H and O–H groups in total. The molecule has 0 saturated carbocycles. The fraction of sp³-hybridized carbons (Fsp3) is 0.923. The highest BCUT2D eigenvalue weighted by Crippen LogP contribution is 2.45. The summed E-state index contributed by atoms with van der Waals surface area (Å²) >= 11 is 0. The maximum absolute atomic E-state index is 10.9. The van der Waals surface area contributed by atoms with E-state index in [9.17, 15) is 10.4 Å². The third kappa shape index (κ3) is 2.20. The Morgan fingerprint density at radius 1 is 1.41 bits per heavy atom. The van der Waals surface area contributed by atoms with Gasteiger partial charge in [-0.15, -0.1) is 0 Å². The van der Waals surface area contributed by atoms with E-state index >= 15 is 0 Å². The molecule has 0 aromatic carbocycles. The van der Waals surface area contributed by atoms with E-state index in [4.69, 9.17) is 9.47 Å². The van der Waals surface area contributed by atoms with Gasteiger partial charge in [-0.25, -0.2) is 0 Å². The molecule has 3 atom stereocenters. The van der Waals surface area contributed by atoms with Crippen molar-refractivity contribution < 1.29 is 14.6 Å². The Bertz CT molecular complexity index is 306.